The van der Waals surface area contributed by atoms with Gasteiger partial charge in [0.25, 0.3) is 11.5 Å². The van der Waals surface area contributed by atoms with Gasteiger partial charge in [0.1, 0.15) is 5.82 Å². The zero-order valence-corrected chi connectivity index (χ0v) is 21.5. The van der Waals surface area contributed by atoms with Gasteiger partial charge in [-0.1, -0.05) is 19.1 Å². The van der Waals surface area contributed by atoms with E-state index in [0.29, 0.717) is 59.0 Å². The number of methoxy groups -OCH3 is 3. The summed E-state index contributed by atoms with van der Waals surface area (Å²) < 4.78 is 17.9. The number of rotatable bonds is 10. The summed E-state index contributed by atoms with van der Waals surface area (Å²) in [6, 6.07) is 10.1. The van der Waals surface area contributed by atoms with Gasteiger partial charge in [-0.2, -0.15) is 0 Å². The largest absolute Gasteiger partial charge is 0.493 e. The maximum atomic E-state index is 14.0. The topological polar surface area (TPSA) is 86.1 Å². The molecular weight excluding hydrogens is 448 g/mol. The van der Waals surface area contributed by atoms with Crippen LogP contribution in [-0.2, 0) is 7.05 Å². The molecular formula is C26H34N4O5. The Hall–Kier alpha value is -3.59. The van der Waals surface area contributed by atoms with Gasteiger partial charge in [0.2, 0.25) is 5.75 Å². The number of hydrogen-bond acceptors (Lipinski definition) is 7. The summed E-state index contributed by atoms with van der Waals surface area (Å²) >= 11 is 0. The first kappa shape index (κ1) is 26.0. The molecule has 2 aromatic carbocycles. The maximum Gasteiger partial charge on any atom is 0.261 e. The van der Waals surface area contributed by atoms with Crippen LogP contribution in [0, 0.1) is 0 Å². The van der Waals surface area contributed by atoms with E-state index in [-0.39, 0.29) is 11.5 Å². The van der Waals surface area contributed by atoms with Crippen molar-refractivity contribution in [3.8, 4) is 17.2 Å². The fourth-order valence-corrected chi connectivity index (χ4v) is 4.15. The van der Waals surface area contributed by atoms with Crippen LogP contribution < -0.4 is 19.8 Å². The smallest absolute Gasteiger partial charge is 0.261 e. The lowest BCUT2D eigenvalue weighted by Crippen LogP contribution is -2.41. The molecule has 0 fully saturated rings. The molecule has 0 bridgehead atoms. The minimum absolute atomic E-state index is 0.142. The number of hydrogen-bond donors (Lipinski definition) is 0. The highest BCUT2D eigenvalue weighted by Crippen LogP contribution is 2.39. The van der Waals surface area contributed by atoms with Crippen LogP contribution in [0.25, 0.3) is 10.9 Å². The minimum Gasteiger partial charge on any atom is -0.493 e. The number of ether oxygens (including phenoxy) is 3. The van der Waals surface area contributed by atoms with E-state index in [1.807, 2.05) is 44.1 Å². The molecule has 0 saturated heterocycles. The lowest BCUT2D eigenvalue weighted by Gasteiger charge is -2.33. The van der Waals surface area contributed by atoms with E-state index >= 15 is 0 Å². The third-order valence-corrected chi connectivity index (χ3v) is 6.04. The molecule has 9 nitrogen and oxygen atoms in total. The monoisotopic (exact) mass is 482 g/mol. The molecule has 9 heteroatoms. The van der Waals surface area contributed by atoms with Crippen LogP contribution in [0.15, 0.2) is 41.2 Å². The molecule has 0 spiro atoms. The number of benzene rings is 2. The fraction of sp³-hybridized carbons (Fsp3) is 0.423. The summed E-state index contributed by atoms with van der Waals surface area (Å²) in [7, 11) is 10.1. The number of aromatic nitrogens is 2. The molecule has 35 heavy (non-hydrogen) atoms. The van der Waals surface area contributed by atoms with Gasteiger partial charge < -0.3 is 24.0 Å². The molecule has 0 N–H and O–H groups in total. The Balaban J connectivity index is 2.15. The van der Waals surface area contributed by atoms with Gasteiger partial charge in [-0.15, -0.1) is 0 Å². The highest BCUT2D eigenvalue weighted by Gasteiger charge is 2.30. The Bertz CT molecular complexity index is 1230. The second kappa shape index (κ2) is 11.2. The molecule has 0 radical (unpaired) electrons. The van der Waals surface area contributed by atoms with Crippen molar-refractivity contribution >= 4 is 16.8 Å². The SMILES string of the molecule is CCC(c1nc2ccccc2c(=O)n1C)N(CCN(C)C)C(=O)c1cc(OC)c(OC)c(OC)c1. The molecule has 1 unspecified atom stereocenters. The second-order valence-corrected chi connectivity index (χ2v) is 8.49. The van der Waals surface area contributed by atoms with E-state index in [2.05, 4.69) is 0 Å². The van der Waals surface area contributed by atoms with Gasteiger partial charge in [-0.05, 0) is 44.8 Å². The van der Waals surface area contributed by atoms with E-state index in [1.165, 1.54) is 21.3 Å². The van der Waals surface area contributed by atoms with Gasteiger partial charge in [0.05, 0.1) is 38.3 Å². The summed E-state index contributed by atoms with van der Waals surface area (Å²) in [5.74, 6) is 1.52. The van der Waals surface area contributed by atoms with Crippen molar-refractivity contribution in [2.24, 2.45) is 7.05 Å². The Morgan fingerprint density at radius 2 is 1.66 bits per heavy atom. The van der Waals surface area contributed by atoms with Crippen molar-refractivity contribution < 1.29 is 19.0 Å². The highest BCUT2D eigenvalue weighted by molar-refractivity contribution is 5.96. The summed E-state index contributed by atoms with van der Waals surface area (Å²) in [5.41, 5.74) is 0.858. The van der Waals surface area contributed by atoms with Crippen LogP contribution in [-0.4, -0.2) is 73.8 Å². The number of amides is 1. The first-order valence-electron chi connectivity index (χ1n) is 11.5. The van der Waals surface area contributed by atoms with E-state index < -0.39 is 6.04 Å². The van der Waals surface area contributed by atoms with Gasteiger partial charge in [0, 0.05) is 25.7 Å². The summed E-state index contributed by atoms with van der Waals surface area (Å²) in [5, 5.41) is 0.546. The summed E-state index contributed by atoms with van der Waals surface area (Å²) in [6.07, 6.45) is 0.572. The quantitative estimate of drug-likeness (QED) is 0.439. The zero-order chi connectivity index (χ0) is 25.7. The van der Waals surface area contributed by atoms with Crippen LogP contribution in [0.4, 0.5) is 0 Å². The Kier molecular flexibility index (Phi) is 8.34. The molecule has 1 aromatic heterocycles. The fourth-order valence-electron chi connectivity index (χ4n) is 4.15. The number of fused-ring (bicyclic) bond motifs is 1. The van der Waals surface area contributed by atoms with Crippen LogP contribution in [0.2, 0.25) is 0 Å². The van der Waals surface area contributed by atoms with Crippen LogP contribution in [0.3, 0.4) is 0 Å². The molecule has 188 valence electrons. The Morgan fingerprint density at radius 1 is 1.03 bits per heavy atom. The Morgan fingerprint density at radius 3 is 2.20 bits per heavy atom. The lowest BCUT2D eigenvalue weighted by atomic mass is 10.1. The van der Waals surface area contributed by atoms with Gasteiger partial charge in [-0.25, -0.2) is 4.98 Å². The van der Waals surface area contributed by atoms with Crippen molar-refractivity contribution in [1.82, 2.24) is 19.4 Å². The summed E-state index contributed by atoms with van der Waals surface area (Å²) in [6.45, 7) is 3.05. The van der Waals surface area contributed by atoms with E-state index in [9.17, 15) is 9.59 Å². The molecule has 1 heterocycles. The Labute approximate surface area is 205 Å². The van der Waals surface area contributed by atoms with Crippen LogP contribution in [0.1, 0.15) is 35.6 Å². The lowest BCUT2D eigenvalue weighted by molar-refractivity contribution is 0.0642. The van der Waals surface area contributed by atoms with Crippen molar-refractivity contribution in [2.75, 3.05) is 48.5 Å². The predicted octanol–water partition coefficient (Wildman–Crippen LogP) is 3.11. The first-order valence-corrected chi connectivity index (χ1v) is 11.5. The van der Waals surface area contributed by atoms with Crippen molar-refractivity contribution in [3.63, 3.8) is 0 Å². The minimum atomic E-state index is -0.427. The third kappa shape index (κ3) is 5.24. The number of carbonyl (C=O) groups excluding carboxylic acids is 1. The molecule has 3 rings (SSSR count). The van der Waals surface area contributed by atoms with Crippen molar-refractivity contribution in [1.29, 1.82) is 0 Å². The number of likely N-dealkylation sites (N-methyl/N-ethyl adjacent to an activating group) is 1. The molecule has 0 saturated carbocycles. The van der Waals surface area contributed by atoms with Gasteiger partial charge >= 0.3 is 0 Å². The van der Waals surface area contributed by atoms with E-state index in [0.717, 1.165) is 0 Å². The first-order chi connectivity index (χ1) is 16.8. The zero-order valence-electron chi connectivity index (χ0n) is 21.5. The maximum absolute atomic E-state index is 14.0. The number of para-hydroxylation sites is 1. The van der Waals surface area contributed by atoms with E-state index in [1.54, 1.807) is 34.7 Å². The van der Waals surface area contributed by atoms with Crippen molar-refractivity contribution in [2.45, 2.75) is 19.4 Å². The number of nitrogens with zero attached hydrogens (tertiary/aromatic N) is 4. The molecule has 0 aliphatic carbocycles. The molecule has 0 aliphatic rings. The average molecular weight is 483 g/mol. The third-order valence-electron chi connectivity index (χ3n) is 6.04. The molecule has 1 atom stereocenters. The summed E-state index contributed by atoms with van der Waals surface area (Å²) in [4.78, 5) is 35.6. The number of carbonyl (C=O) groups is 1. The molecule has 0 aliphatic heterocycles. The average Bonchev–Trinajstić information content (AvgIpc) is 2.87. The van der Waals surface area contributed by atoms with E-state index in [4.69, 9.17) is 19.2 Å². The van der Waals surface area contributed by atoms with Gasteiger partial charge in [0.15, 0.2) is 11.5 Å². The van der Waals surface area contributed by atoms with Crippen molar-refractivity contribution in [3.05, 3.63) is 58.1 Å². The standard InChI is InChI=1S/C26H34N4O5/c1-8-20(24-27-19-12-10-9-11-18(19)26(32)29(24)4)30(14-13-28(2)3)25(31)17-15-21(33-5)23(35-7)22(16-17)34-6/h9-12,15-16,20H,8,13-14H2,1-7H3. The highest BCUT2D eigenvalue weighted by atomic mass is 16.5. The van der Waals surface area contributed by atoms with Gasteiger partial charge in [-0.3, -0.25) is 14.2 Å². The normalized spacial score (nSPS) is 12.0. The van der Waals surface area contributed by atoms with Crippen LogP contribution in [0.5, 0.6) is 17.2 Å². The predicted molar refractivity (Wildman–Crippen MR) is 136 cm³/mol. The van der Waals surface area contributed by atoms with Crippen LogP contribution >= 0.6 is 0 Å². The molecule has 3 aromatic rings. The second-order valence-electron chi connectivity index (χ2n) is 8.49. The molecule has 1 amide bonds.